The molecule has 1 rings (SSSR count). The highest BCUT2D eigenvalue weighted by Gasteiger charge is 2.26. The molecule has 0 radical (unpaired) electrons. The molecule has 0 aromatic rings. The summed E-state index contributed by atoms with van der Waals surface area (Å²) in [5.74, 6) is -0.558. The lowest BCUT2D eigenvalue weighted by atomic mass is 10.6. The topological polar surface area (TPSA) is 35.5 Å². The molecule has 0 N–H and O–H groups in total. The first-order chi connectivity index (χ1) is 4.77. The molecule has 1 atom stereocenters. The molecule has 1 heterocycles. The van der Waals surface area contributed by atoms with Gasteiger partial charge in [0.05, 0.1) is 0 Å². The maximum absolute atomic E-state index is 12.2. The van der Waals surface area contributed by atoms with Gasteiger partial charge in [-0.2, -0.15) is 4.39 Å². The van der Waals surface area contributed by atoms with Gasteiger partial charge in [0.15, 0.2) is 6.67 Å². The molecular formula is C5H4F2O3. The third kappa shape index (κ3) is 1.07. The maximum Gasteiger partial charge on any atom is 0.317 e. The average Bonchev–Trinajstić information content (AvgIpc) is 2.30. The Hall–Kier alpha value is -1.13. The maximum atomic E-state index is 12.2. The second kappa shape index (κ2) is 2.64. The number of rotatable bonds is 2. The molecule has 0 aromatic heterocycles. The number of carbonyl (C=O) groups excluding carboxylic acids is 1. The van der Waals surface area contributed by atoms with E-state index in [1.807, 2.05) is 0 Å². The Morgan fingerprint density at radius 2 is 2.30 bits per heavy atom. The summed E-state index contributed by atoms with van der Waals surface area (Å²) in [4.78, 5) is 9.85. The van der Waals surface area contributed by atoms with E-state index in [9.17, 15) is 13.6 Å². The summed E-state index contributed by atoms with van der Waals surface area (Å²) >= 11 is 0. The first-order valence-electron chi connectivity index (χ1n) is 2.51. The summed E-state index contributed by atoms with van der Waals surface area (Å²) in [5, 5.41) is 0. The van der Waals surface area contributed by atoms with Crippen LogP contribution < -0.4 is 0 Å². The van der Waals surface area contributed by atoms with Crippen molar-refractivity contribution in [1.82, 2.24) is 0 Å². The van der Waals surface area contributed by atoms with Crippen LogP contribution in [0.15, 0.2) is 11.8 Å². The lowest BCUT2D eigenvalue weighted by Gasteiger charge is -1.99. The van der Waals surface area contributed by atoms with Gasteiger partial charge in [0.1, 0.15) is 0 Å². The highest BCUT2D eigenvalue weighted by atomic mass is 19.1. The molecule has 0 bridgehead atoms. The minimum atomic E-state index is -1.31. The van der Waals surface area contributed by atoms with Crippen LogP contribution in [-0.2, 0) is 14.3 Å². The molecule has 0 aliphatic carbocycles. The Morgan fingerprint density at radius 1 is 1.60 bits per heavy atom. The van der Waals surface area contributed by atoms with Crippen molar-refractivity contribution in [3.8, 4) is 0 Å². The third-order valence-corrected chi connectivity index (χ3v) is 0.930. The number of hydrogen-bond donors (Lipinski definition) is 0. The van der Waals surface area contributed by atoms with Crippen molar-refractivity contribution < 1.29 is 23.0 Å². The van der Waals surface area contributed by atoms with Gasteiger partial charge in [-0.3, -0.25) is 4.79 Å². The van der Waals surface area contributed by atoms with Gasteiger partial charge in [-0.05, 0) is 0 Å². The fourth-order valence-corrected chi connectivity index (χ4v) is 0.518. The minimum Gasteiger partial charge on any atom is -0.443 e. The summed E-state index contributed by atoms with van der Waals surface area (Å²) in [7, 11) is 0. The quantitative estimate of drug-likeness (QED) is 0.542. The average molecular weight is 150 g/mol. The molecule has 5 heteroatoms. The van der Waals surface area contributed by atoms with Gasteiger partial charge in [-0.1, -0.05) is 0 Å². The Bertz CT molecular complexity index is 178. The van der Waals surface area contributed by atoms with Crippen LogP contribution in [0.2, 0.25) is 0 Å². The number of aldehydes is 1. The number of halogens is 2. The van der Waals surface area contributed by atoms with E-state index in [1.165, 1.54) is 0 Å². The van der Waals surface area contributed by atoms with Gasteiger partial charge < -0.3 is 9.47 Å². The molecule has 0 fully saturated rings. The van der Waals surface area contributed by atoms with Crippen molar-refractivity contribution in [3.05, 3.63) is 11.8 Å². The van der Waals surface area contributed by atoms with Crippen molar-refractivity contribution in [2.75, 3.05) is 6.67 Å². The highest BCUT2D eigenvalue weighted by Crippen LogP contribution is 2.21. The third-order valence-electron chi connectivity index (χ3n) is 0.930. The van der Waals surface area contributed by atoms with Gasteiger partial charge in [0.25, 0.3) is 6.29 Å². The van der Waals surface area contributed by atoms with Crippen LogP contribution in [0.1, 0.15) is 0 Å². The minimum absolute atomic E-state index is 0.238. The number of hydrogen-bond acceptors (Lipinski definition) is 3. The summed E-state index contributed by atoms with van der Waals surface area (Å²) in [6.07, 6.45) is -1.08. The van der Waals surface area contributed by atoms with E-state index in [0.717, 1.165) is 0 Å². The van der Waals surface area contributed by atoms with Crippen LogP contribution in [0.25, 0.3) is 0 Å². The summed E-state index contributed by atoms with van der Waals surface area (Å²) < 4.78 is 32.2. The van der Waals surface area contributed by atoms with E-state index in [-0.39, 0.29) is 6.29 Å². The zero-order chi connectivity index (χ0) is 7.56. The van der Waals surface area contributed by atoms with Crippen molar-refractivity contribution in [1.29, 1.82) is 0 Å². The fraction of sp³-hybridized carbons (Fsp3) is 0.400. The Kier molecular flexibility index (Phi) is 1.84. The largest absolute Gasteiger partial charge is 0.443 e. The normalized spacial score (nSPS) is 24.0. The monoisotopic (exact) mass is 150 g/mol. The van der Waals surface area contributed by atoms with E-state index >= 15 is 0 Å². The first kappa shape index (κ1) is 6.98. The van der Waals surface area contributed by atoms with Gasteiger partial charge in [-0.15, -0.1) is 0 Å². The van der Waals surface area contributed by atoms with Crippen LogP contribution in [0.3, 0.4) is 0 Å². The van der Waals surface area contributed by atoms with Crippen molar-refractivity contribution in [2.45, 2.75) is 6.29 Å². The molecule has 0 spiro atoms. The van der Waals surface area contributed by atoms with Crippen LogP contribution in [0.5, 0.6) is 0 Å². The van der Waals surface area contributed by atoms with E-state index in [2.05, 4.69) is 9.47 Å². The molecule has 0 amide bonds. The number of alkyl halides is 1. The second-order valence-corrected chi connectivity index (χ2v) is 1.57. The second-order valence-electron chi connectivity index (χ2n) is 1.57. The number of carbonyl (C=O) groups is 1. The molecule has 1 aliphatic rings. The molecule has 0 saturated carbocycles. The SMILES string of the molecule is O=CC1OC(F)=C(CF)O1. The Labute approximate surface area is 55.2 Å². The smallest absolute Gasteiger partial charge is 0.317 e. The zero-order valence-corrected chi connectivity index (χ0v) is 4.84. The van der Waals surface area contributed by atoms with E-state index in [0.29, 0.717) is 0 Å². The molecule has 3 nitrogen and oxygen atoms in total. The van der Waals surface area contributed by atoms with Gasteiger partial charge in [0.2, 0.25) is 12.0 Å². The zero-order valence-electron chi connectivity index (χ0n) is 4.84. The lowest BCUT2D eigenvalue weighted by molar-refractivity contribution is -0.132. The van der Waals surface area contributed by atoms with Crippen molar-refractivity contribution >= 4 is 6.29 Å². The van der Waals surface area contributed by atoms with Gasteiger partial charge in [-0.25, -0.2) is 4.39 Å². The van der Waals surface area contributed by atoms with Crippen LogP contribution in [-0.4, -0.2) is 19.3 Å². The fourth-order valence-electron chi connectivity index (χ4n) is 0.518. The predicted molar refractivity (Wildman–Crippen MR) is 26.1 cm³/mol. The number of ether oxygens (including phenoxy) is 2. The number of allylic oxidation sites excluding steroid dienone is 1. The summed E-state index contributed by atoms with van der Waals surface area (Å²) in [6.45, 7) is -1.10. The molecule has 1 aliphatic heterocycles. The lowest BCUT2D eigenvalue weighted by Crippen LogP contribution is -2.09. The molecule has 10 heavy (non-hydrogen) atoms. The van der Waals surface area contributed by atoms with E-state index in [1.54, 1.807) is 0 Å². The molecular weight excluding hydrogens is 146 g/mol. The Morgan fingerprint density at radius 3 is 2.60 bits per heavy atom. The summed E-state index contributed by atoms with van der Waals surface area (Å²) in [6, 6.07) is -1.15. The van der Waals surface area contributed by atoms with Gasteiger partial charge in [0, 0.05) is 0 Å². The van der Waals surface area contributed by atoms with Crippen LogP contribution >= 0.6 is 0 Å². The van der Waals surface area contributed by atoms with Gasteiger partial charge >= 0.3 is 6.01 Å². The first-order valence-corrected chi connectivity index (χ1v) is 2.51. The van der Waals surface area contributed by atoms with Crippen molar-refractivity contribution in [3.63, 3.8) is 0 Å². The Balaban J connectivity index is 2.58. The van der Waals surface area contributed by atoms with Crippen LogP contribution in [0, 0.1) is 0 Å². The predicted octanol–water partition coefficient (Wildman–Crippen LogP) is 0.666. The van der Waals surface area contributed by atoms with E-state index < -0.39 is 24.7 Å². The standard InChI is InChI=1S/C5H4F2O3/c6-1-3-5(7)10-4(2-8)9-3/h2,4H,1H2. The van der Waals surface area contributed by atoms with Crippen LogP contribution in [0.4, 0.5) is 8.78 Å². The molecule has 56 valence electrons. The van der Waals surface area contributed by atoms with E-state index in [4.69, 9.17) is 0 Å². The molecule has 0 saturated heterocycles. The highest BCUT2D eigenvalue weighted by molar-refractivity contribution is 5.55. The molecule has 0 aromatic carbocycles. The molecule has 1 unspecified atom stereocenters. The summed E-state index contributed by atoms with van der Waals surface area (Å²) in [5.41, 5.74) is 0. The van der Waals surface area contributed by atoms with Crippen molar-refractivity contribution in [2.24, 2.45) is 0 Å².